The summed E-state index contributed by atoms with van der Waals surface area (Å²) in [6.45, 7) is 6.10. The lowest BCUT2D eigenvalue weighted by atomic mass is 9.87. The van der Waals surface area contributed by atoms with Crippen LogP contribution >= 0.6 is 0 Å². The Morgan fingerprint density at radius 1 is 1.33 bits per heavy atom. The molecule has 24 heavy (non-hydrogen) atoms. The summed E-state index contributed by atoms with van der Waals surface area (Å²) in [5.41, 5.74) is 5.56. The molecule has 1 aliphatic heterocycles. The average Bonchev–Trinajstić information content (AvgIpc) is 2.96. The molecule has 0 atom stereocenters. The fourth-order valence-corrected chi connectivity index (χ4v) is 2.90. The lowest BCUT2D eigenvalue weighted by Gasteiger charge is -2.14. The Bertz CT molecular complexity index is 769. The number of benzene rings is 1. The molecule has 5 heteroatoms. The van der Waals surface area contributed by atoms with Crippen LogP contribution in [0.4, 0.5) is 0 Å². The molecule has 1 aromatic carbocycles. The van der Waals surface area contributed by atoms with E-state index in [0.29, 0.717) is 30.4 Å². The van der Waals surface area contributed by atoms with E-state index in [1.807, 2.05) is 26.8 Å². The molecule has 1 heterocycles. The second kappa shape index (κ2) is 7.31. The van der Waals surface area contributed by atoms with Crippen LogP contribution in [0, 0.1) is 25.2 Å². The monoisotopic (exact) mass is 327 g/mol. The number of ether oxygens (including phenoxy) is 2. The van der Waals surface area contributed by atoms with Crippen LogP contribution < -0.4 is 0 Å². The van der Waals surface area contributed by atoms with Crippen molar-refractivity contribution in [3.63, 3.8) is 0 Å². The number of rotatable bonds is 5. The SMILES string of the molecule is COC(=O)CCC(C)=CCc1c(C)c(C)c2c(c1C#N)C(=O)OC2. The molecule has 1 aromatic rings. The highest BCUT2D eigenvalue weighted by molar-refractivity contribution is 5.97. The summed E-state index contributed by atoms with van der Waals surface area (Å²) in [5, 5.41) is 9.55. The Morgan fingerprint density at radius 2 is 2.04 bits per heavy atom. The number of cyclic esters (lactones) is 1. The Morgan fingerprint density at radius 3 is 2.67 bits per heavy atom. The van der Waals surface area contributed by atoms with Gasteiger partial charge in [-0.25, -0.2) is 4.79 Å². The fourth-order valence-electron chi connectivity index (χ4n) is 2.90. The van der Waals surface area contributed by atoms with Gasteiger partial charge in [0.25, 0.3) is 0 Å². The van der Waals surface area contributed by atoms with Crippen LogP contribution in [0.15, 0.2) is 11.6 Å². The predicted molar refractivity (Wildman–Crippen MR) is 88.5 cm³/mol. The van der Waals surface area contributed by atoms with E-state index >= 15 is 0 Å². The molecule has 2 rings (SSSR count). The van der Waals surface area contributed by atoms with Crippen LogP contribution in [-0.2, 0) is 27.3 Å². The third-order valence-electron chi connectivity index (χ3n) is 4.59. The highest BCUT2D eigenvalue weighted by atomic mass is 16.5. The Balaban J connectivity index is 2.33. The normalized spacial score (nSPS) is 13.3. The minimum absolute atomic E-state index is 0.240. The van der Waals surface area contributed by atoms with Crippen LogP contribution in [0.3, 0.4) is 0 Å². The Labute approximate surface area is 141 Å². The number of hydrogen-bond acceptors (Lipinski definition) is 5. The van der Waals surface area contributed by atoms with E-state index in [1.165, 1.54) is 7.11 Å². The molecule has 0 unspecified atom stereocenters. The van der Waals surface area contributed by atoms with Gasteiger partial charge in [-0.3, -0.25) is 4.79 Å². The molecule has 0 aliphatic carbocycles. The first-order valence-corrected chi connectivity index (χ1v) is 7.85. The zero-order valence-electron chi connectivity index (χ0n) is 14.5. The number of nitrogens with zero attached hydrogens (tertiary/aromatic N) is 1. The van der Waals surface area contributed by atoms with E-state index in [0.717, 1.165) is 27.8 Å². The maximum atomic E-state index is 12.0. The van der Waals surface area contributed by atoms with Gasteiger partial charge >= 0.3 is 11.9 Å². The van der Waals surface area contributed by atoms with Gasteiger partial charge in [0.1, 0.15) is 12.7 Å². The zero-order valence-corrected chi connectivity index (χ0v) is 14.5. The summed E-state index contributed by atoms with van der Waals surface area (Å²) in [6.07, 6.45) is 3.49. The van der Waals surface area contributed by atoms with Crippen LogP contribution in [-0.4, -0.2) is 19.0 Å². The zero-order chi connectivity index (χ0) is 17.9. The van der Waals surface area contributed by atoms with Gasteiger partial charge in [0, 0.05) is 12.0 Å². The van der Waals surface area contributed by atoms with E-state index in [4.69, 9.17) is 4.74 Å². The number of carbonyl (C=O) groups is 2. The second-order valence-electron chi connectivity index (χ2n) is 5.98. The van der Waals surface area contributed by atoms with Crippen molar-refractivity contribution in [3.8, 4) is 6.07 Å². The number of fused-ring (bicyclic) bond motifs is 1. The van der Waals surface area contributed by atoms with Crippen molar-refractivity contribution in [2.45, 2.75) is 46.6 Å². The molecule has 0 bridgehead atoms. The summed E-state index contributed by atoms with van der Waals surface area (Å²) in [5.74, 6) is -0.662. The van der Waals surface area contributed by atoms with Gasteiger partial charge in [-0.2, -0.15) is 5.26 Å². The van der Waals surface area contributed by atoms with E-state index in [2.05, 4.69) is 10.8 Å². The third-order valence-corrected chi connectivity index (χ3v) is 4.59. The van der Waals surface area contributed by atoms with Crippen molar-refractivity contribution in [3.05, 3.63) is 45.0 Å². The fraction of sp³-hybridized carbons (Fsp3) is 0.421. The third kappa shape index (κ3) is 3.33. The second-order valence-corrected chi connectivity index (χ2v) is 5.98. The van der Waals surface area contributed by atoms with Gasteiger partial charge in [-0.1, -0.05) is 11.6 Å². The highest BCUT2D eigenvalue weighted by Gasteiger charge is 2.30. The summed E-state index contributed by atoms with van der Waals surface area (Å²) < 4.78 is 9.74. The smallest absolute Gasteiger partial charge is 0.340 e. The largest absolute Gasteiger partial charge is 0.469 e. The van der Waals surface area contributed by atoms with Crippen LogP contribution in [0.1, 0.15) is 57.9 Å². The van der Waals surface area contributed by atoms with Crippen molar-refractivity contribution in [1.29, 1.82) is 5.26 Å². The summed E-state index contributed by atoms with van der Waals surface area (Å²) >= 11 is 0. The highest BCUT2D eigenvalue weighted by Crippen LogP contribution is 2.33. The molecular formula is C19H21NO4. The molecule has 0 saturated heterocycles. The van der Waals surface area contributed by atoms with Crippen molar-refractivity contribution in [2.75, 3.05) is 7.11 Å². The molecule has 0 N–H and O–H groups in total. The van der Waals surface area contributed by atoms with Crippen LogP contribution in [0.5, 0.6) is 0 Å². The molecule has 0 amide bonds. The van der Waals surface area contributed by atoms with E-state index in [9.17, 15) is 14.9 Å². The van der Waals surface area contributed by atoms with Crippen molar-refractivity contribution in [2.24, 2.45) is 0 Å². The molecule has 126 valence electrons. The molecule has 5 nitrogen and oxygen atoms in total. The lowest BCUT2D eigenvalue weighted by molar-refractivity contribution is -0.140. The Hall–Kier alpha value is -2.61. The summed E-state index contributed by atoms with van der Waals surface area (Å²) in [4.78, 5) is 23.2. The van der Waals surface area contributed by atoms with Gasteiger partial charge in [0.05, 0.1) is 18.2 Å². The predicted octanol–water partition coefficient (Wildman–Crippen LogP) is 3.29. The molecule has 0 fully saturated rings. The van der Waals surface area contributed by atoms with Crippen LogP contribution in [0.25, 0.3) is 0 Å². The first kappa shape index (κ1) is 17.7. The summed E-state index contributed by atoms with van der Waals surface area (Å²) in [6, 6.07) is 2.17. The number of nitriles is 1. The molecule has 1 aliphatic rings. The van der Waals surface area contributed by atoms with Crippen molar-refractivity contribution < 1.29 is 19.1 Å². The summed E-state index contributed by atoms with van der Waals surface area (Å²) in [7, 11) is 1.37. The van der Waals surface area contributed by atoms with Gasteiger partial charge in [-0.15, -0.1) is 0 Å². The van der Waals surface area contributed by atoms with Gasteiger partial charge in [0.2, 0.25) is 0 Å². The number of hydrogen-bond donors (Lipinski definition) is 0. The standard InChI is InChI=1S/C19H21NO4/c1-11(6-8-17(21)23-4)5-7-14-12(2)13(3)16-10-24-19(22)18(16)15(14)9-20/h5H,6-8,10H2,1-4H3. The Kier molecular flexibility index (Phi) is 5.40. The van der Waals surface area contributed by atoms with Crippen molar-refractivity contribution in [1.82, 2.24) is 0 Å². The molecule has 0 spiro atoms. The van der Waals surface area contributed by atoms with E-state index < -0.39 is 5.97 Å². The molecule has 0 aromatic heterocycles. The maximum absolute atomic E-state index is 12.0. The van der Waals surface area contributed by atoms with E-state index in [-0.39, 0.29) is 12.6 Å². The molecule has 0 radical (unpaired) electrons. The molecular weight excluding hydrogens is 306 g/mol. The maximum Gasteiger partial charge on any atom is 0.340 e. The number of esters is 2. The molecule has 0 saturated carbocycles. The van der Waals surface area contributed by atoms with Crippen molar-refractivity contribution >= 4 is 11.9 Å². The minimum Gasteiger partial charge on any atom is -0.469 e. The minimum atomic E-state index is -0.419. The number of allylic oxidation sites excluding steroid dienone is 2. The van der Waals surface area contributed by atoms with Gasteiger partial charge in [0.15, 0.2) is 0 Å². The first-order valence-electron chi connectivity index (χ1n) is 7.85. The van der Waals surface area contributed by atoms with Gasteiger partial charge in [-0.05, 0) is 50.3 Å². The number of carbonyl (C=O) groups excluding carboxylic acids is 2. The quantitative estimate of drug-likeness (QED) is 0.612. The topological polar surface area (TPSA) is 76.4 Å². The van der Waals surface area contributed by atoms with Crippen LogP contribution in [0.2, 0.25) is 0 Å². The van der Waals surface area contributed by atoms with E-state index in [1.54, 1.807) is 0 Å². The average molecular weight is 327 g/mol. The van der Waals surface area contributed by atoms with Gasteiger partial charge < -0.3 is 9.47 Å². The lowest BCUT2D eigenvalue weighted by Crippen LogP contribution is -2.06. The number of methoxy groups -OCH3 is 1. The first-order chi connectivity index (χ1) is 11.4.